The van der Waals surface area contributed by atoms with Crippen LogP contribution < -0.4 is 5.56 Å². The van der Waals surface area contributed by atoms with E-state index in [9.17, 15) is 9.59 Å². The van der Waals surface area contributed by atoms with Gasteiger partial charge >= 0.3 is 5.97 Å². The lowest BCUT2D eigenvalue weighted by atomic mass is 10.4. The zero-order valence-corrected chi connectivity index (χ0v) is 12.4. The molecule has 0 spiro atoms. The molecule has 0 fully saturated rings. The predicted octanol–water partition coefficient (Wildman–Crippen LogP) is 3.04. The van der Waals surface area contributed by atoms with Gasteiger partial charge in [0.25, 0.3) is 5.56 Å². The molecule has 0 atom stereocenters. The second-order valence-electron chi connectivity index (χ2n) is 3.89. The quantitative estimate of drug-likeness (QED) is 0.721. The van der Waals surface area contributed by atoms with Crippen molar-refractivity contribution in [2.45, 2.75) is 10.6 Å². The van der Waals surface area contributed by atoms with Crippen molar-refractivity contribution in [3.63, 3.8) is 0 Å². The third-order valence-electron chi connectivity index (χ3n) is 2.53. The summed E-state index contributed by atoms with van der Waals surface area (Å²) < 4.78 is 0.627. The van der Waals surface area contributed by atoms with Crippen LogP contribution in [0.3, 0.4) is 0 Å². The lowest BCUT2D eigenvalue weighted by Crippen LogP contribution is -2.09. The SMILES string of the molecule is O=C(O)c1cc(SCc2nc3ccsc3c(=O)[nH]2)cs1. The fourth-order valence-electron chi connectivity index (χ4n) is 1.65. The number of aromatic carboxylic acids is 1. The van der Waals surface area contributed by atoms with Crippen LogP contribution in [0.5, 0.6) is 0 Å². The number of nitrogens with one attached hydrogen (secondary N) is 1. The molecule has 0 saturated heterocycles. The maximum absolute atomic E-state index is 11.8. The predicted molar refractivity (Wildman–Crippen MR) is 81.1 cm³/mol. The Morgan fingerprint density at radius 1 is 1.45 bits per heavy atom. The molecular weight excluding hydrogens is 316 g/mol. The van der Waals surface area contributed by atoms with Crippen molar-refractivity contribution in [2.75, 3.05) is 0 Å². The Hall–Kier alpha value is -1.64. The number of carboxylic acids is 1. The Balaban J connectivity index is 1.79. The number of carboxylic acid groups (broad SMARTS) is 1. The van der Waals surface area contributed by atoms with Gasteiger partial charge in [0.2, 0.25) is 0 Å². The van der Waals surface area contributed by atoms with E-state index in [1.54, 1.807) is 11.4 Å². The summed E-state index contributed by atoms with van der Waals surface area (Å²) in [6.45, 7) is 0. The summed E-state index contributed by atoms with van der Waals surface area (Å²) in [5, 5.41) is 12.5. The Kier molecular flexibility index (Phi) is 3.60. The maximum atomic E-state index is 11.8. The molecule has 0 radical (unpaired) electrons. The highest BCUT2D eigenvalue weighted by Gasteiger charge is 2.09. The van der Waals surface area contributed by atoms with Crippen LogP contribution in [0.4, 0.5) is 0 Å². The number of hydrogen-bond donors (Lipinski definition) is 2. The normalized spacial score (nSPS) is 11.0. The molecule has 0 bridgehead atoms. The molecule has 0 aliphatic carbocycles. The van der Waals surface area contributed by atoms with Crippen molar-refractivity contribution in [2.24, 2.45) is 0 Å². The van der Waals surface area contributed by atoms with E-state index >= 15 is 0 Å². The van der Waals surface area contributed by atoms with Crippen molar-refractivity contribution in [1.29, 1.82) is 0 Å². The van der Waals surface area contributed by atoms with Gasteiger partial charge in [-0.05, 0) is 17.5 Å². The van der Waals surface area contributed by atoms with Gasteiger partial charge in [0, 0.05) is 10.3 Å². The molecule has 3 rings (SSSR count). The van der Waals surface area contributed by atoms with E-state index in [-0.39, 0.29) is 5.56 Å². The van der Waals surface area contributed by atoms with Gasteiger partial charge < -0.3 is 10.1 Å². The molecule has 2 N–H and O–H groups in total. The fourth-order valence-corrected chi connectivity index (χ4v) is 4.11. The summed E-state index contributed by atoms with van der Waals surface area (Å²) >= 11 is 4.01. The maximum Gasteiger partial charge on any atom is 0.345 e. The first-order valence-electron chi connectivity index (χ1n) is 5.54. The number of rotatable bonds is 4. The first kappa shape index (κ1) is 13.3. The van der Waals surface area contributed by atoms with Crippen molar-refractivity contribution < 1.29 is 9.90 Å². The van der Waals surface area contributed by atoms with Crippen molar-refractivity contribution in [3.05, 3.63) is 43.9 Å². The van der Waals surface area contributed by atoms with Crippen LogP contribution in [0.25, 0.3) is 10.2 Å². The first-order chi connectivity index (χ1) is 9.63. The molecule has 0 aliphatic rings. The molecule has 3 aromatic heterocycles. The Morgan fingerprint density at radius 2 is 2.30 bits per heavy atom. The number of hydrogen-bond acceptors (Lipinski definition) is 6. The number of thiophene rings is 2. The van der Waals surface area contributed by atoms with E-state index in [1.807, 2.05) is 11.4 Å². The molecule has 102 valence electrons. The summed E-state index contributed by atoms with van der Waals surface area (Å²) in [6.07, 6.45) is 0. The highest BCUT2D eigenvalue weighted by molar-refractivity contribution is 7.98. The van der Waals surface area contributed by atoms with Gasteiger partial charge in [-0.3, -0.25) is 4.79 Å². The molecule has 8 heteroatoms. The highest BCUT2D eigenvalue weighted by atomic mass is 32.2. The Morgan fingerprint density at radius 3 is 3.05 bits per heavy atom. The highest BCUT2D eigenvalue weighted by Crippen LogP contribution is 2.27. The largest absolute Gasteiger partial charge is 0.477 e. The molecule has 5 nitrogen and oxygen atoms in total. The van der Waals surface area contributed by atoms with Crippen LogP contribution in [0.15, 0.2) is 32.6 Å². The number of aromatic nitrogens is 2. The topological polar surface area (TPSA) is 83.0 Å². The molecule has 0 aliphatic heterocycles. The van der Waals surface area contributed by atoms with Gasteiger partial charge in [0.1, 0.15) is 15.4 Å². The van der Waals surface area contributed by atoms with Gasteiger partial charge in [0.15, 0.2) is 0 Å². The van der Waals surface area contributed by atoms with E-state index in [0.717, 1.165) is 4.90 Å². The van der Waals surface area contributed by atoms with Crippen LogP contribution in [0.1, 0.15) is 15.5 Å². The zero-order chi connectivity index (χ0) is 14.1. The molecule has 0 aromatic carbocycles. The minimum atomic E-state index is -0.923. The smallest absolute Gasteiger partial charge is 0.345 e. The zero-order valence-electron chi connectivity index (χ0n) is 9.95. The summed E-state index contributed by atoms with van der Waals surface area (Å²) in [4.78, 5) is 30.9. The third kappa shape index (κ3) is 2.62. The molecule has 0 saturated carbocycles. The minimum Gasteiger partial charge on any atom is -0.477 e. The van der Waals surface area contributed by atoms with Crippen LogP contribution >= 0.6 is 34.4 Å². The second-order valence-corrected chi connectivity index (χ2v) is 6.76. The molecule has 3 aromatic rings. The number of fused-ring (bicyclic) bond motifs is 1. The van der Waals surface area contributed by atoms with Gasteiger partial charge in [-0.1, -0.05) is 0 Å². The summed E-state index contributed by atoms with van der Waals surface area (Å²) in [6, 6.07) is 3.44. The Bertz CT molecular complexity index is 834. The number of aromatic amines is 1. The third-order valence-corrected chi connectivity index (χ3v) is 5.48. The lowest BCUT2D eigenvalue weighted by Gasteiger charge is -1.99. The van der Waals surface area contributed by atoms with Gasteiger partial charge in [0.05, 0.1) is 11.3 Å². The molecule has 0 unspecified atom stereocenters. The van der Waals surface area contributed by atoms with E-state index in [0.29, 0.717) is 26.7 Å². The summed E-state index contributed by atoms with van der Waals surface area (Å²) in [7, 11) is 0. The average Bonchev–Trinajstić information content (AvgIpc) is 3.05. The Labute approximate surface area is 125 Å². The summed E-state index contributed by atoms with van der Waals surface area (Å²) in [5.74, 6) is 0.165. The second kappa shape index (κ2) is 5.39. The van der Waals surface area contributed by atoms with Gasteiger partial charge in [-0.15, -0.1) is 34.4 Å². The number of nitrogens with zero attached hydrogens (tertiary/aromatic N) is 1. The monoisotopic (exact) mass is 324 g/mol. The van der Waals surface area contributed by atoms with E-state index in [4.69, 9.17) is 5.11 Å². The average molecular weight is 324 g/mol. The first-order valence-corrected chi connectivity index (χ1v) is 8.29. The van der Waals surface area contributed by atoms with Crippen molar-refractivity contribution in [1.82, 2.24) is 9.97 Å². The van der Waals surface area contributed by atoms with E-state index in [2.05, 4.69) is 9.97 Å². The van der Waals surface area contributed by atoms with Crippen LogP contribution in [-0.2, 0) is 5.75 Å². The molecular formula is C12H8N2O3S3. The molecule has 3 heterocycles. The van der Waals surface area contributed by atoms with Crippen molar-refractivity contribution in [3.8, 4) is 0 Å². The number of H-pyrrole nitrogens is 1. The number of carbonyl (C=O) groups is 1. The standard InChI is InChI=1S/C12H8N2O3S3/c15-11-10-7(1-2-18-10)13-9(14-11)5-19-6-3-8(12(16)17)20-4-6/h1-4H,5H2,(H,16,17)(H,13,14,15). The molecule has 20 heavy (non-hydrogen) atoms. The number of thioether (sulfide) groups is 1. The van der Waals surface area contributed by atoms with Gasteiger partial charge in [-0.2, -0.15) is 0 Å². The van der Waals surface area contributed by atoms with Crippen LogP contribution in [0.2, 0.25) is 0 Å². The van der Waals surface area contributed by atoms with Crippen LogP contribution in [-0.4, -0.2) is 21.0 Å². The van der Waals surface area contributed by atoms with E-state index < -0.39 is 5.97 Å². The minimum absolute atomic E-state index is 0.128. The van der Waals surface area contributed by atoms with E-state index in [1.165, 1.54) is 34.4 Å². The van der Waals surface area contributed by atoms with Crippen molar-refractivity contribution >= 4 is 50.6 Å². The summed E-state index contributed by atoms with van der Waals surface area (Å²) in [5.41, 5.74) is 0.572. The van der Waals surface area contributed by atoms with Gasteiger partial charge in [-0.25, -0.2) is 9.78 Å². The van der Waals surface area contributed by atoms with Crippen LogP contribution in [0, 0.1) is 0 Å². The lowest BCUT2D eigenvalue weighted by molar-refractivity contribution is 0.0702. The molecule has 0 amide bonds. The fraction of sp³-hybridized carbons (Fsp3) is 0.0833.